The molecular formula is C10H18N2O. The number of nitrogens with two attached hydrogens (primary N) is 1. The summed E-state index contributed by atoms with van der Waals surface area (Å²) < 4.78 is 0. The van der Waals surface area contributed by atoms with Crippen LogP contribution in [0.2, 0.25) is 0 Å². The van der Waals surface area contributed by atoms with E-state index in [0.717, 1.165) is 38.8 Å². The summed E-state index contributed by atoms with van der Waals surface area (Å²) in [6.45, 7) is 5.36. The molecule has 1 amide bonds. The van der Waals surface area contributed by atoms with Gasteiger partial charge in [0.05, 0.1) is 0 Å². The maximum Gasteiger partial charge on any atom is 0.222 e. The van der Waals surface area contributed by atoms with Gasteiger partial charge in [-0.25, -0.2) is 0 Å². The first kappa shape index (κ1) is 10.3. The van der Waals surface area contributed by atoms with Gasteiger partial charge in [0.2, 0.25) is 5.91 Å². The van der Waals surface area contributed by atoms with Crippen molar-refractivity contribution in [3.8, 4) is 0 Å². The molecule has 0 bridgehead atoms. The Hall–Kier alpha value is -0.830. The van der Waals surface area contributed by atoms with Crippen molar-refractivity contribution in [2.45, 2.75) is 31.7 Å². The fourth-order valence-corrected chi connectivity index (χ4v) is 1.59. The topological polar surface area (TPSA) is 46.3 Å². The Bertz CT molecular complexity index is 191. The molecular weight excluding hydrogens is 164 g/mol. The van der Waals surface area contributed by atoms with Gasteiger partial charge < -0.3 is 10.6 Å². The van der Waals surface area contributed by atoms with E-state index in [2.05, 4.69) is 6.58 Å². The largest absolute Gasteiger partial charge is 0.343 e. The predicted molar refractivity (Wildman–Crippen MR) is 53.2 cm³/mol. The number of hydrogen-bond acceptors (Lipinski definition) is 2. The monoisotopic (exact) mass is 182 g/mol. The first-order valence-electron chi connectivity index (χ1n) is 4.88. The summed E-state index contributed by atoms with van der Waals surface area (Å²) in [5.74, 6) is 0.283. The molecule has 0 spiro atoms. The van der Waals surface area contributed by atoms with Crippen LogP contribution in [-0.2, 0) is 4.79 Å². The lowest BCUT2D eigenvalue weighted by Crippen LogP contribution is -2.31. The summed E-state index contributed by atoms with van der Waals surface area (Å²) >= 11 is 0. The molecule has 0 aromatic heterocycles. The van der Waals surface area contributed by atoms with Crippen LogP contribution in [0.4, 0.5) is 0 Å². The van der Waals surface area contributed by atoms with Gasteiger partial charge in [-0.2, -0.15) is 0 Å². The number of rotatable bonds is 5. The van der Waals surface area contributed by atoms with E-state index in [4.69, 9.17) is 5.73 Å². The zero-order valence-corrected chi connectivity index (χ0v) is 8.04. The summed E-state index contributed by atoms with van der Waals surface area (Å²) in [6, 6.07) is 0.158. The highest BCUT2D eigenvalue weighted by Gasteiger charge is 2.19. The van der Waals surface area contributed by atoms with E-state index in [1.165, 1.54) is 0 Å². The van der Waals surface area contributed by atoms with Crippen molar-refractivity contribution in [1.82, 2.24) is 4.90 Å². The number of amides is 1. The molecule has 1 aliphatic heterocycles. The van der Waals surface area contributed by atoms with Crippen LogP contribution < -0.4 is 5.73 Å². The van der Waals surface area contributed by atoms with Crippen molar-refractivity contribution in [3.63, 3.8) is 0 Å². The van der Waals surface area contributed by atoms with Crippen molar-refractivity contribution in [3.05, 3.63) is 12.7 Å². The summed E-state index contributed by atoms with van der Waals surface area (Å²) in [7, 11) is 0. The average molecular weight is 182 g/mol. The number of carbonyl (C=O) groups is 1. The molecule has 1 unspecified atom stereocenters. The van der Waals surface area contributed by atoms with Crippen LogP contribution in [0.1, 0.15) is 25.7 Å². The maximum atomic E-state index is 11.2. The molecule has 74 valence electrons. The Balaban J connectivity index is 2.17. The third kappa shape index (κ3) is 3.19. The van der Waals surface area contributed by atoms with Crippen LogP contribution in [-0.4, -0.2) is 29.9 Å². The second-order valence-corrected chi connectivity index (χ2v) is 3.56. The maximum absolute atomic E-state index is 11.2. The highest BCUT2D eigenvalue weighted by molar-refractivity contribution is 5.77. The Morgan fingerprint density at radius 3 is 3.00 bits per heavy atom. The fraction of sp³-hybridized carbons (Fsp3) is 0.700. The second kappa shape index (κ2) is 5.02. The first-order valence-corrected chi connectivity index (χ1v) is 4.88. The molecule has 13 heavy (non-hydrogen) atoms. The van der Waals surface area contributed by atoms with Crippen molar-refractivity contribution >= 4 is 5.91 Å². The normalized spacial score (nSPS) is 19.2. The molecule has 0 aromatic rings. The summed E-state index contributed by atoms with van der Waals surface area (Å²) in [6.07, 6.45) is 5.28. The molecule has 1 aliphatic rings. The number of hydrogen-bond donors (Lipinski definition) is 1. The zero-order chi connectivity index (χ0) is 9.68. The lowest BCUT2D eigenvalue weighted by molar-refractivity contribution is -0.127. The molecule has 1 saturated heterocycles. The van der Waals surface area contributed by atoms with Gasteiger partial charge in [0, 0.05) is 25.6 Å². The van der Waals surface area contributed by atoms with Gasteiger partial charge in [-0.3, -0.25) is 4.79 Å². The van der Waals surface area contributed by atoms with Crippen molar-refractivity contribution < 1.29 is 4.79 Å². The van der Waals surface area contributed by atoms with Crippen LogP contribution in [0.5, 0.6) is 0 Å². The Labute approximate surface area is 79.6 Å². The van der Waals surface area contributed by atoms with E-state index in [0.29, 0.717) is 0 Å². The number of carbonyl (C=O) groups excluding carboxylic acids is 1. The summed E-state index contributed by atoms with van der Waals surface area (Å²) in [5.41, 5.74) is 5.80. The van der Waals surface area contributed by atoms with E-state index < -0.39 is 0 Å². The molecule has 2 N–H and O–H groups in total. The van der Waals surface area contributed by atoms with Gasteiger partial charge in [-0.05, 0) is 19.3 Å². The van der Waals surface area contributed by atoms with Crippen LogP contribution in [0.3, 0.4) is 0 Å². The van der Waals surface area contributed by atoms with E-state index >= 15 is 0 Å². The third-order valence-electron chi connectivity index (χ3n) is 2.41. The van der Waals surface area contributed by atoms with Crippen LogP contribution in [0, 0.1) is 0 Å². The van der Waals surface area contributed by atoms with Crippen LogP contribution in [0.25, 0.3) is 0 Å². The van der Waals surface area contributed by atoms with Crippen LogP contribution in [0.15, 0.2) is 12.7 Å². The molecule has 3 nitrogen and oxygen atoms in total. The Morgan fingerprint density at radius 1 is 1.69 bits per heavy atom. The van der Waals surface area contributed by atoms with Gasteiger partial charge in [0.1, 0.15) is 0 Å². The third-order valence-corrected chi connectivity index (χ3v) is 2.41. The predicted octanol–water partition coefficient (Wildman–Crippen LogP) is 0.902. The Morgan fingerprint density at radius 2 is 2.46 bits per heavy atom. The highest BCUT2D eigenvalue weighted by Crippen LogP contribution is 2.10. The van der Waals surface area contributed by atoms with Gasteiger partial charge >= 0.3 is 0 Å². The quantitative estimate of drug-likeness (QED) is 0.642. The minimum absolute atomic E-state index is 0.158. The zero-order valence-electron chi connectivity index (χ0n) is 8.04. The molecule has 1 fully saturated rings. The smallest absolute Gasteiger partial charge is 0.222 e. The van der Waals surface area contributed by atoms with Gasteiger partial charge in [-0.1, -0.05) is 6.08 Å². The number of nitrogens with zero attached hydrogens (tertiary/aromatic N) is 1. The van der Waals surface area contributed by atoms with Crippen molar-refractivity contribution in [1.29, 1.82) is 0 Å². The molecule has 0 radical (unpaired) electrons. The van der Waals surface area contributed by atoms with Crippen LogP contribution >= 0.6 is 0 Å². The van der Waals surface area contributed by atoms with Crippen molar-refractivity contribution in [2.75, 3.05) is 13.1 Å². The van der Waals surface area contributed by atoms with E-state index in [1.54, 1.807) is 0 Å². The molecule has 0 saturated carbocycles. The van der Waals surface area contributed by atoms with Gasteiger partial charge in [-0.15, -0.1) is 6.58 Å². The SMILES string of the molecule is C=CCC(N)CCN1CCCC1=O. The first-order chi connectivity index (χ1) is 6.24. The standard InChI is InChI=1S/C10H18N2O/c1-2-4-9(11)6-8-12-7-3-5-10(12)13/h2,9H,1,3-8,11H2. The van der Waals surface area contributed by atoms with E-state index in [-0.39, 0.29) is 11.9 Å². The second-order valence-electron chi connectivity index (χ2n) is 3.56. The molecule has 0 aliphatic carbocycles. The lowest BCUT2D eigenvalue weighted by atomic mass is 10.1. The van der Waals surface area contributed by atoms with Crippen molar-refractivity contribution in [2.24, 2.45) is 5.73 Å². The number of likely N-dealkylation sites (tertiary alicyclic amines) is 1. The highest BCUT2D eigenvalue weighted by atomic mass is 16.2. The molecule has 3 heteroatoms. The van der Waals surface area contributed by atoms with Gasteiger partial charge in [0.25, 0.3) is 0 Å². The minimum Gasteiger partial charge on any atom is -0.343 e. The molecule has 0 aromatic carbocycles. The summed E-state index contributed by atoms with van der Waals surface area (Å²) in [5, 5.41) is 0. The average Bonchev–Trinajstić information content (AvgIpc) is 2.48. The van der Waals surface area contributed by atoms with Gasteiger partial charge in [0.15, 0.2) is 0 Å². The minimum atomic E-state index is 0.158. The fourth-order valence-electron chi connectivity index (χ4n) is 1.59. The van der Waals surface area contributed by atoms with E-state index in [9.17, 15) is 4.79 Å². The molecule has 1 atom stereocenters. The molecule has 1 heterocycles. The lowest BCUT2D eigenvalue weighted by Gasteiger charge is -2.17. The summed E-state index contributed by atoms with van der Waals surface area (Å²) in [4.78, 5) is 13.1. The van der Waals surface area contributed by atoms with E-state index in [1.807, 2.05) is 11.0 Å². The molecule has 1 rings (SSSR count). The Kier molecular flexibility index (Phi) is 3.96.